The minimum absolute atomic E-state index is 0.0118. The molecule has 9 nitrogen and oxygen atoms in total. The zero-order chi connectivity index (χ0) is 23.5. The van der Waals surface area contributed by atoms with Gasteiger partial charge in [0, 0.05) is 26.0 Å². The molecule has 32 heavy (non-hydrogen) atoms. The van der Waals surface area contributed by atoms with Crippen molar-refractivity contribution in [3.8, 4) is 11.5 Å². The Morgan fingerprint density at radius 3 is 2.44 bits per heavy atom. The maximum Gasteiger partial charge on any atom is 0.302 e. The molecule has 0 heterocycles. The van der Waals surface area contributed by atoms with Crippen molar-refractivity contribution in [1.82, 2.24) is 4.90 Å². The summed E-state index contributed by atoms with van der Waals surface area (Å²) in [5.74, 6) is -1.03. The van der Waals surface area contributed by atoms with Gasteiger partial charge in [-0.1, -0.05) is 24.3 Å². The normalized spacial score (nSPS) is 10.3. The van der Waals surface area contributed by atoms with Gasteiger partial charge in [-0.15, -0.1) is 0 Å². The summed E-state index contributed by atoms with van der Waals surface area (Å²) in [5.41, 5.74) is 6.90. The van der Waals surface area contributed by atoms with Gasteiger partial charge in [-0.3, -0.25) is 14.4 Å². The SMILES string of the molecule is CC(=O)OCCOc1ccc(C(=O)Cc2ccccc2CN(CC=O)C(=O)CN)c(O)c1. The van der Waals surface area contributed by atoms with Crippen molar-refractivity contribution in [2.45, 2.75) is 19.9 Å². The van der Waals surface area contributed by atoms with Crippen LogP contribution in [0.4, 0.5) is 0 Å². The molecular formula is C23H26N2O7. The molecule has 0 aromatic heterocycles. The molecule has 0 unspecified atom stereocenters. The van der Waals surface area contributed by atoms with Crippen molar-refractivity contribution < 1.29 is 33.8 Å². The molecule has 0 aliphatic heterocycles. The Balaban J connectivity index is 2.10. The van der Waals surface area contributed by atoms with Crippen LogP contribution in [-0.2, 0) is 32.1 Å². The number of rotatable bonds is 12. The molecule has 0 aliphatic carbocycles. The molecule has 0 saturated carbocycles. The van der Waals surface area contributed by atoms with Gasteiger partial charge < -0.3 is 30.0 Å². The highest BCUT2D eigenvalue weighted by Gasteiger charge is 2.17. The van der Waals surface area contributed by atoms with Crippen LogP contribution in [0.15, 0.2) is 42.5 Å². The number of aldehydes is 1. The first-order valence-corrected chi connectivity index (χ1v) is 9.96. The third-order valence-corrected chi connectivity index (χ3v) is 4.58. The van der Waals surface area contributed by atoms with Crippen LogP contribution in [0.2, 0.25) is 0 Å². The van der Waals surface area contributed by atoms with Gasteiger partial charge in [0.05, 0.1) is 18.7 Å². The minimum atomic E-state index is -0.417. The van der Waals surface area contributed by atoms with Gasteiger partial charge in [0.1, 0.15) is 31.0 Å². The molecule has 9 heteroatoms. The maximum absolute atomic E-state index is 12.8. The topological polar surface area (TPSA) is 136 Å². The first kappa shape index (κ1) is 24.5. The average Bonchev–Trinajstić information content (AvgIpc) is 2.77. The molecule has 2 aromatic carbocycles. The van der Waals surface area contributed by atoms with E-state index in [0.29, 0.717) is 23.2 Å². The van der Waals surface area contributed by atoms with E-state index in [0.717, 1.165) is 0 Å². The predicted molar refractivity (Wildman–Crippen MR) is 115 cm³/mol. The summed E-state index contributed by atoms with van der Waals surface area (Å²) in [7, 11) is 0. The summed E-state index contributed by atoms with van der Waals surface area (Å²) < 4.78 is 10.2. The molecule has 1 amide bonds. The van der Waals surface area contributed by atoms with E-state index in [1.54, 1.807) is 30.3 Å². The van der Waals surface area contributed by atoms with Crippen molar-refractivity contribution >= 4 is 23.9 Å². The predicted octanol–water partition coefficient (Wildman–Crippen LogP) is 1.25. The lowest BCUT2D eigenvalue weighted by Gasteiger charge is -2.21. The lowest BCUT2D eigenvalue weighted by molar-refractivity contribution is -0.141. The van der Waals surface area contributed by atoms with Crippen molar-refractivity contribution in [3.05, 3.63) is 59.2 Å². The second-order valence-electron chi connectivity index (χ2n) is 6.88. The lowest BCUT2D eigenvalue weighted by Crippen LogP contribution is -2.37. The van der Waals surface area contributed by atoms with Gasteiger partial charge >= 0.3 is 5.97 Å². The number of ketones is 1. The standard InChI is InChI=1S/C23H26N2O7/c1-16(27)31-10-11-32-19-6-7-20(22(29)13-19)21(28)12-17-4-2-3-5-18(17)15-25(8-9-26)23(30)14-24/h2-7,9,13,29H,8,10-12,14-15,24H2,1H3. The molecule has 170 valence electrons. The molecule has 3 N–H and O–H groups in total. The van der Waals surface area contributed by atoms with Gasteiger partial charge in [0.15, 0.2) is 5.78 Å². The molecule has 0 aliphatic rings. The summed E-state index contributed by atoms with van der Waals surface area (Å²) in [6.07, 6.45) is 0.608. The zero-order valence-electron chi connectivity index (χ0n) is 17.8. The van der Waals surface area contributed by atoms with Crippen LogP contribution in [-0.4, -0.2) is 60.3 Å². The number of esters is 1. The number of ether oxygens (including phenoxy) is 2. The van der Waals surface area contributed by atoms with Crippen LogP contribution in [0.25, 0.3) is 0 Å². The fourth-order valence-electron chi connectivity index (χ4n) is 3.01. The Kier molecular flexibility index (Phi) is 9.37. The molecule has 0 atom stereocenters. The van der Waals surface area contributed by atoms with E-state index in [1.807, 2.05) is 0 Å². The van der Waals surface area contributed by atoms with Crippen molar-refractivity contribution in [2.75, 3.05) is 26.3 Å². The number of aromatic hydroxyl groups is 1. The molecule has 0 radical (unpaired) electrons. The van der Waals surface area contributed by atoms with Crippen molar-refractivity contribution in [3.63, 3.8) is 0 Å². The minimum Gasteiger partial charge on any atom is -0.507 e. The van der Waals surface area contributed by atoms with Crippen LogP contribution in [0.3, 0.4) is 0 Å². The number of carbonyl (C=O) groups is 4. The second-order valence-corrected chi connectivity index (χ2v) is 6.88. The highest BCUT2D eigenvalue weighted by atomic mass is 16.6. The Labute approximate surface area is 185 Å². The van der Waals surface area contributed by atoms with Crippen LogP contribution in [0.1, 0.15) is 28.4 Å². The quantitative estimate of drug-likeness (QED) is 0.217. The lowest BCUT2D eigenvalue weighted by atomic mass is 9.98. The summed E-state index contributed by atoms with van der Waals surface area (Å²) in [6, 6.07) is 11.4. The largest absolute Gasteiger partial charge is 0.507 e. The van der Waals surface area contributed by atoms with Crippen LogP contribution < -0.4 is 10.5 Å². The van der Waals surface area contributed by atoms with E-state index in [4.69, 9.17) is 15.2 Å². The summed E-state index contributed by atoms with van der Waals surface area (Å²) in [5, 5.41) is 10.3. The highest BCUT2D eigenvalue weighted by molar-refractivity contribution is 6.00. The molecule has 0 saturated heterocycles. The summed E-state index contributed by atoms with van der Waals surface area (Å²) in [6.45, 7) is 1.29. The molecular weight excluding hydrogens is 416 g/mol. The second kappa shape index (κ2) is 12.2. The molecule has 0 spiro atoms. The van der Waals surface area contributed by atoms with Gasteiger partial charge in [0.2, 0.25) is 5.91 Å². The number of amides is 1. The van der Waals surface area contributed by atoms with E-state index in [2.05, 4.69) is 0 Å². The number of hydrogen-bond donors (Lipinski definition) is 2. The third-order valence-electron chi connectivity index (χ3n) is 4.58. The molecule has 2 aromatic rings. The fourth-order valence-corrected chi connectivity index (χ4v) is 3.01. The molecule has 2 rings (SSSR count). The van der Waals surface area contributed by atoms with Gasteiger partial charge in [-0.05, 0) is 23.3 Å². The number of Topliss-reactive ketones (excluding diaryl/α,β-unsaturated/α-hetero) is 1. The van der Waals surface area contributed by atoms with E-state index < -0.39 is 5.97 Å². The van der Waals surface area contributed by atoms with Crippen LogP contribution in [0, 0.1) is 0 Å². The first-order chi connectivity index (χ1) is 15.3. The van der Waals surface area contributed by atoms with Gasteiger partial charge in [0.25, 0.3) is 0 Å². The van der Waals surface area contributed by atoms with Gasteiger partial charge in [-0.2, -0.15) is 0 Å². The Morgan fingerprint density at radius 1 is 1.09 bits per heavy atom. The van der Waals surface area contributed by atoms with E-state index in [1.165, 1.54) is 24.0 Å². The molecule has 0 bridgehead atoms. The highest BCUT2D eigenvalue weighted by Crippen LogP contribution is 2.25. The van der Waals surface area contributed by atoms with E-state index in [-0.39, 0.29) is 62.3 Å². The number of carbonyl (C=O) groups excluding carboxylic acids is 4. The summed E-state index contributed by atoms with van der Waals surface area (Å²) >= 11 is 0. The van der Waals surface area contributed by atoms with Crippen LogP contribution in [0.5, 0.6) is 11.5 Å². The van der Waals surface area contributed by atoms with E-state index >= 15 is 0 Å². The Bertz CT molecular complexity index is 975. The zero-order valence-corrected chi connectivity index (χ0v) is 17.8. The van der Waals surface area contributed by atoms with Crippen LogP contribution >= 0.6 is 0 Å². The fraction of sp³-hybridized carbons (Fsp3) is 0.304. The Hall–Kier alpha value is -3.72. The van der Waals surface area contributed by atoms with Crippen molar-refractivity contribution in [1.29, 1.82) is 0 Å². The average molecular weight is 442 g/mol. The smallest absolute Gasteiger partial charge is 0.302 e. The maximum atomic E-state index is 12.8. The number of benzene rings is 2. The monoisotopic (exact) mass is 442 g/mol. The van der Waals surface area contributed by atoms with Gasteiger partial charge in [-0.25, -0.2) is 0 Å². The summed E-state index contributed by atoms with van der Waals surface area (Å²) in [4.78, 5) is 47.8. The van der Waals surface area contributed by atoms with E-state index in [9.17, 15) is 24.3 Å². The van der Waals surface area contributed by atoms with Crippen molar-refractivity contribution in [2.24, 2.45) is 5.73 Å². The molecule has 0 fully saturated rings. The number of nitrogens with two attached hydrogens (primary N) is 1. The number of hydrogen-bond acceptors (Lipinski definition) is 8. The first-order valence-electron chi connectivity index (χ1n) is 9.96. The number of phenolic OH excluding ortho intramolecular Hbond substituents is 1. The third kappa shape index (κ3) is 7.21. The number of phenols is 1. The number of nitrogens with zero attached hydrogens (tertiary/aromatic N) is 1. The Morgan fingerprint density at radius 2 is 1.81 bits per heavy atom.